The Hall–Kier alpha value is -2.57. The average Bonchev–Trinajstić information content (AvgIpc) is 3.00. The number of halogens is 2. The molecule has 1 saturated heterocycles. The summed E-state index contributed by atoms with van der Waals surface area (Å²) < 4.78 is 26.7. The number of anilines is 1. The van der Waals surface area contributed by atoms with Crippen molar-refractivity contribution >= 4 is 11.9 Å². The number of nitrogens with two attached hydrogens (primary N) is 1. The first-order valence-corrected chi connectivity index (χ1v) is 9.18. The van der Waals surface area contributed by atoms with E-state index in [2.05, 4.69) is 23.8 Å². The Balaban J connectivity index is 1.67. The largest absolute Gasteiger partial charge is 0.368 e. The molecule has 0 aliphatic carbocycles. The van der Waals surface area contributed by atoms with E-state index in [9.17, 15) is 13.6 Å². The molecule has 0 radical (unpaired) electrons. The number of hydrogen-bond donors (Lipinski definition) is 1. The Bertz CT molecular complexity index is 820. The lowest BCUT2D eigenvalue weighted by molar-refractivity contribution is 0.0781. The molecule has 1 aromatic carbocycles. The molecule has 0 saturated carbocycles. The first-order chi connectivity index (χ1) is 12.8. The van der Waals surface area contributed by atoms with Crippen LogP contribution in [0, 0.1) is 23.5 Å². The fourth-order valence-electron chi connectivity index (χ4n) is 3.56. The van der Waals surface area contributed by atoms with Crippen molar-refractivity contribution in [1.82, 2.24) is 14.9 Å². The van der Waals surface area contributed by atoms with Crippen LogP contribution in [-0.2, 0) is 12.8 Å². The highest BCUT2D eigenvalue weighted by atomic mass is 19.1. The second kappa shape index (κ2) is 7.98. The molecular formula is C20H24F2N4O. The minimum absolute atomic E-state index is 0.0995. The molecule has 1 aliphatic heterocycles. The van der Waals surface area contributed by atoms with Crippen molar-refractivity contribution in [1.29, 1.82) is 0 Å². The smallest absolute Gasteiger partial charge is 0.272 e. The third-order valence-electron chi connectivity index (χ3n) is 4.65. The second-order valence-electron chi connectivity index (χ2n) is 7.59. The van der Waals surface area contributed by atoms with Crippen LogP contribution < -0.4 is 5.73 Å². The molecule has 2 aromatic rings. The van der Waals surface area contributed by atoms with Crippen LogP contribution in [0.15, 0.2) is 24.3 Å². The van der Waals surface area contributed by atoms with Crippen LogP contribution in [0.4, 0.5) is 14.7 Å². The Morgan fingerprint density at radius 2 is 1.93 bits per heavy atom. The molecule has 1 aromatic heterocycles. The van der Waals surface area contributed by atoms with E-state index < -0.39 is 11.6 Å². The fourth-order valence-corrected chi connectivity index (χ4v) is 3.56. The zero-order valence-electron chi connectivity index (χ0n) is 15.6. The molecule has 7 heteroatoms. The van der Waals surface area contributed by atoms with Gasteiger partial charge in [-0.25, -0.2) is 18.7 Å². The normalized spacial score (nSPS) is 16.9. The van der Waals surface area contributed by atoms with E-state index in [0.717, 1.165) is 24.6 Å². The summed E-state index contributed by atoms with van der Waals surface area (Å²) in [6.45, 7) is 5.26. The van der Waals surface area contributed by atoms with Gasteiger partial charge in [0.15, 0.2) is 0 Å². The lowest BCUT2D eigenvalue weighted by Crippen LogP contribution is -2.30. The topological polar surface area (TPSA) is 72.1 Å². The van der Waals surface area contributed by atoms with Crippen molar-refractivity contribution < 1.29 is 13.6 Å². The minimum atomic E-state index is -0.579. The summed E-state index contributed by atoms with van der Waals surface area (Å²) in [6.07, 6.45) is 2.03. The van der Waals surface area contributed by atoms with Crippen LogP contribution in [0.3, 0.4) is 0 Å². The average molecular weight is 374 g/mol. The van der Waals surface area contributed by atoms with Crippen molar-refractivity contribution in [2.45, 2.75) is 33.1 Å². The second-order valence-corrected chi connectivity index (χ2v) is 7.59. The Labute approximate surface area is 157 Å². The predicted molar refractivity (Wildman–Crippen MR) is 99.1 cm³/mol. The number of aromatic nitrogens is 2. The number of nitrogen functional groups attached to an aromatic ring is 1. The first kappa shape index (κ1) is 19.2. The van der Waals surface area contributed by atoms with Gasteiger partial charge in [0.2, 0.25) is 5.95 Å². The van der Waals surface area contributed by atoms with Gasteiger partial charge in [0, 0.05) is 24.8 Å². The lowest BCUT2D eigenvalue weighted by Gasteiger charge is -2.17. The molecule has 2 N–H and O–H groups in total. The van der Waals surface area contributed by atoms with Crippen molar-refractivity contribution in [3.63, 3.8) is 0 Å². The molecule has 1 aliphatic rings. The third-order valence-corrected chi connectivity index (χ3v) is 4.65. The quantitative estimate of drug-likeness (QED) is 0.872. The molecular weight excluding hydrogens is 350 g/mol. The molecule has 1 unspecified atom stereocenters. The molecule has 0 spiro atoms. The van der Waals surface area contributed by atoms with E-state index in [4.69, 9.17) is 5.73 Å². The zero-order chi connectivity index (χ0) is 19.6. The van der Waals surface area contributed by atoms with Crippen LogP contribution in [0.1, 0.15) is 42.0 Å². The van der Waals surface area contributed by atoms with Gasteiger partial charge >= 0.3 is 0 Å². The molecule has 3 rings (SSSR count). The van der Waals surface area contributed by atoms with E-state index in [1.807, 2.05) is 0 Å². The van der Waals surface area contributed by atoms with E-state index in [-0.39, 0.29) is 17.8 Å². The number of rotatable bonds is 5. The lowest BCUT2D eigenvalue weighted by atomic mass is 9.98. The number of nitrogens with zero attached hydrogens (tertiary/aromatic N) is 3. The van der Waals surface area contributed by atoms with Gasteiger partial charge < -0.3 is 10.6 Å². The number of benzene rings is 1. The summed E-state index contributed by atoms with van der Waals surface area (Å²) in [4.78, 5) is 22.8. The molecule has 27 heavy (non-hydrogen) atoms. The molecule has 144 valence electrons. The van der Waals surface area contributed by atoms with Crippen LogP contribution >= 0.6 is 0 Å². The van der Waals surface area contributed by atoms with Gasteiger partial charge in [-0.3, -0.25) is 4.79 Å². The van der Waals surface area contributed by atoms with Crippen molar-refractivity contribution in [2.24, 2.45) is 11.8 Å². The summed E-state index contributed by atoms with van der Waals surface area (Å²) in [7, 11) is 0. The van der Waals surface area contributed by atoms with Gasteiger partial charge in [0.1, 0.15) is 17.3 Å². The molecule has 1 atom stereocenters. The van der Waals surface area contributed by atoms with E-state index in [1.54, 1.807) is 11.0 Å². The van der Waals surface area contributed by atoms with Crippen molar-refractivity contribution in [3.05, 3.63) is 52.9 Å². The maximum absolute atomic E-state index is 13.4. The van der Waals surface area contributed by atoms with Gasteiger partial charge in [-0.15, -0.1) is 0 Å². The molecule has 1 amide bonds. The Kier molecular flexibility index (Phi) is 5.68. The summed E-state index contributed by atoms with van der Waals surface area (Å²) in [5.41, 5.74) is 7.43. The minimum Gasteiger partial charge on any atom is -0.368 e. The van der Waals surface area contributed by atoms with Gasteiger partial charge in [-0.2, -0.15) is 0 Å². The number of hydrogen-bond acceptors (Lipinski definition) is 4. The van der Waals surface area contributed by atoms with Crippen LogP contribution in [-0.4, -0.2) is 33.9 Å². The standard InChI is InChI=1S/C20H24F2N4O/c1-12(2)5-17-10-18(25-20(23)24-17)19(27)26-4-3-13(11-26)6-14-7-15(21)9-16(22)8-14/h7-10,12-13H,3-6,11H2,1-2H3,(H2,23,24,25). The molecule has 0 bridgehead atoms. The van der Waals surface area contributed by atoms with E-state index in [0.29, 0.717) is 36.7 Å². The number of likely N-dealkylation sites (tertiary alicyclic amines) is 1. The van der Waals surface area contributed by atoms with Gasteiger partial charge in [-0.1, -0.05) is 13.8 Å². The highest BCUT2D eigenvalue weighted by Gasteiger charge is 2.28. The Morgan fingerprint density at radius 3 is 2.59 bits per heavy atom. The van der Waals surface area contributed by atoms with Crippen LogP contribution in [0.5, 0.6) is 0 Å². The molecule has 1 fully saturated rings. The number of carbonyl (C=O) groups is 1. The van der Waals surface area contributed by atoms with Gasteiger partial charge in [0.25, 0.3) is 5.91 Å². The van der Waals surface area contributed by atoms with Gasteiger partial charge in [-0.05, 0) is 54.9 Å². The maximum atomic E-state index is 13.4. The van der Waals surface area contributed by atoms with Crippen LogP contribution in [0.25, 0.3) is 0 Å². The van der Waals surface area contributed by atoms with E-state index >= 15 is 0 Å². The monoisotopic (exact) mass is 374 g/mol. The highest BCUT2D eigenvalue weighted by molar-refractivity contribution is 5.92. The number of carbonyl (C=O) groups excluding carboxylic acids is 1. The highest BCUT2D eigenvalue weighted by Crippen LogP contribution is 2.23. The summed E-state index contributed by atoms with van der Waals surface area (Å²) >= 11 is 0. The molecule has 2 heterocycles. The van der Waals surface area contributed by atoms with Crippen molar-refractivity contribution in [2.75, 3.05) is 18.8 Å². The fraction of sp³-hybridized carbons (Fsp3) is 0.450. The zero-order valence-corrected chi connectivity index (χ0v) is 15.6. The van der Waals surface area contributed by atoms with Crippen molar-refractivity contribution in [3.8, 4) is 0 Å². The summed E-state index contributed by atoms with van der Waals surface area (Å²) in [6, 6.07) is 5.25. The predicted octanol–water partition coefficient (Wildman–Crippen LogP) is 3.24. The summed E-state index contributed by atoms with van der Waals surface area (Å²) in [5, 5.41) is 0. The van der Waals surface area contributed by atoms with E-state index in [1.165, 1.54) is 12.1 Å². The molecule has 5 nitrogen and oxygen atoms in total. The van der Waals surface area contributed by atoms with Gasteiger partial charge in [0.05, 0.1) is 0 Å². The Morgan fingerprint density at radius 1 is 1.22 bits per heavy atom. The number of amides is 1. The first-order valence-electron chi connectivity index (χ1n) is 9.18. The van der Waals surface area contributed by atoms with Crippen LogP contribution in [0.2, 0.25) is 0 Å². The maximum Gasteiger partial charge on any atom is 0.272 e. The SMILES string of the molecule is CC(C)Cc1cc(C(=O)N2CCC(Cc3cc(F)cc(F)c3)C2)nc(N)n1. The summed E-state index contributed by atoms with van der Waals surface area (Å²) in [5.74, 6) is -0.686. The third kappa shape index (κ3) is 4.99.